The molecular weight excluding hydrogens is 516 g/mol. The van der Waals surface area contributed by atoms with Gasteiger partial charge in [0.15, 0.2) is 0 Å². The van der Waals surface area contributed by atoms with Gasteiger partial charge < -0.3 is 20.3 Å². The third kappa shape index (κ3) is 7.51. The molecule has 2 atom stereocenters. The molecule has 1 aliphatic heterocycles. The van der Waals surface area contributed by atoms with Crippen molar-refractivity contribution in [2.45, 2.75) is 45.4 Å². The molecule has 3 N–H and O–H groups in total. The van der Waals surface area contributed by atoms with Gasteiger partial charge in [0.25, 0.3) is 0 Å². The second-order valence-electron chi connectivity index (χ2n) is 9.44. The number of amides is 2. The minimum absolute atomic E-state index is 0.00682. The van der Waals surface area contributed by atoms with E-state index < -0.39 is 16.1 Å². The van der Waals surface area contributed by atoms with Crippen molar-refractivity contribution < 1.29 is 22.7 Å². The lowest BCUT2D eigenvalue weighted by molar-refractivity contribution is -0.118. The number of sulfonamides is 1. The Kier molecular flexibility index (Phi) is 9.08. The molecular formula is C29H34N4O5S. The highest BCUT2D eigenvalue weighted by atomic mass is 32.2. The third-order valence-electron chi connectivity index (χ3n) is 6.51. The maximum atomic E-state index is 12.6. The molecule has 9 nitrogen and oxygen atoms in total. The van der Waals surface area contributed by atoms with Crippen molar-refractivity contribution in [3.63, 3.8) is 0 Å². The zero-order chi connectivity index (χ0) is 27.8. The molecule has 3 aromatic carbocycles. The SMILES string of the molecule is CCC(=O)N1c2ccccc2[C@H](Nc2ccc(NS(=O)(=O)CCNC(=O)OCc3ccccc3)cc2)C[C@@H]1C. The number of nitrogens with one attached hydrogen (secondary N) is 3. The summed E-state index contributed by atoms with van der Waals surface area (Å²) in [5, 5.41) is 5.99. The van der Waals surface area contributed by atoms with E-state index in [9.17, 15) is 18.0 Å². The second kappa shape index (κ2) is 12.7. The molecule has 3 aromatic rings. The molecule has 2 amide bonds. The Hall–Kier alpha value is -4.05. The summed E-state index contributed by atoms with van der Waals surface area (Å²) in [5.41, 5.74) is 4.07. The molecule has 0 bridgehead atoms. The molecule has 0 unspecified atom stereocenters. The quantitative estimate of drug-likeness (QED) is 0.326. The molecule has 0 fully saturated rings. The van der Waals surface area contributed by atoms with Crippen LogP contribution in [0.5, 0.6) is 0 Å². The minimum Gasteiger partial charge on any atom is -0.445 e. The highest BCUT2D eigenvalue weighted by Gasteiger charge is 2.32. The molecule has 39 heavy (non-hydrogen) atoms. The van der Waals surface area contributed by atoms with E-state index in [0.29, 0.717) is 12.1 Å². The van der Waals surface area contributed by atoms with Gasteiger partial charge in [-0.1, -0.05) is 55.5 Å². The van der Waals surface area contributed by atoms with Crippen LogP contribution in [0.3, 0.4) is 0 Å². The Balaban J connectivity index is 1.29. The van der Waals surface area contributed by atoms with Crippen LogP contribution in [-0.2, 0) is 26.2 Å². The number of alkyl carbamates (subject to hydrolysis) is 1. The van der Waals surface area contributed by atoms with Gasteiger partial charge >= 0.3 is 6.09 Å². The second-order valence-corrected chi connectivity index (χ2v) is 11.3. The first-order valence-electron chi connectivity index (χ1n) is 13.0. The van der Waals surface area contributed by atoms with Crippen molar-refractivity contribution in [3.8, 4) is 0 Å². The predicted molar refractivity (Wildman–Crippen MR) is 153 cm³/mol. The molecule has 1 aliphatic rings. The first-order valence-corrected chi connectivity index (χ1v) is 14.6. The van der Waals surface area contributed by atoms with E-state index in [1.54, 1.807) is 12.1 Å². The summed E-state index contributed by atoms with van der Waals surface area (Å²) in [4.78, 5) is 26.3. The molecule has 0 saturated heterocycles. The maximum Gasteiger partial charge on any atom is 0.407 e. The van der Waals surface area contributed by atoms with Gasteiger partial charge in [0.05, 0.1) is 11.8 Å². The Morgan fingerprint density at radius 3 is 2.33 bits per heavy atom. The zero-order valence-electron chi connectivity index (χ0n) is 22.1. The molecule has 10 heteroatoms. The van der Waals surface area contributed by atoms with Crippen LogP contribution in [0.4, 0.5) is 21.9 Å². The third-order valence-corrected chi connectivity index (χ3v) is 7.80. The van der Waals surface area contributed by atoms with Crippen molar-refractivity contribution >= 4 is 39.1 Å². The molecule has 0 aromatic heterocycles. The fourth-order valence-corrected chi connectivity index (χ4v) is 5.60. The number of benzene rings is 3. The largest absolute Gasteiger partial charge is 0.445 e. The van der Waals surface area contributed by atoms with Crippen LogP contribution in [0.2, 0.25) is 0 Å². The topological polar surface area (TPSA) is 117 Å². The van der Waals surface area contributed by atoms with Crippen LogP contribution >= 0.6 is 0 Å². The van der Waals surface area contributed by atoms with Crippen LogP contribution in [0.1, 0.15) is 43.9 Å². The van der Waals surface area contributed by atoms with Crippen LogP contribution < -0.4 is 20.3 Å². The molecule has 4 rings (SSSR count). The van der Waals surface area contributed by atoms with Gasteiger partial charge in [0, 0.05) is 36.1 Å². The minimum atomic E-state index is -3.68. The van der Waals surface area contributed by atoms with Crippen LogP contribution in [-0.4, -0.2) is 38.8 Å². The van der Waals surface area contributed by atoms with E-state index in [-0.39, 0.29) is 36.9 Å². The number of anilines is 3. The van der Waals surface area contributed by atoms with E-state index in [1.807, 2.05) is 85.5 Å². The Morgan fingerprint density at radius 1 is 0.949 bits per heavy atom. The smallest absolute Gasteiger partial charge is 0.407 e. The van der Waals surface area contributed by atoms with E-state index >= 15 is 0 Å². The fraction of sp³-hybridized carbons (Fsp3) is 0.310. The summed E-state index contributed by atoms with van der Waals surface area (Å²) in [7, 11) is -3.68. The van der Waals surface area contributed by atoms with Gasteiger partial charge in [-0.15, -0.1) is 0 Å². The Labute approximate surface area is 229 Å². The number of hydrogen-bond acceptors (Lipinski definition) is 6. The lowest BCUT2D eigenvalue weighted by Gasteiger charge is -2.40. The molecule has 0 saturated carbocycles. The van der Waals surface area contributed by atoms with Crippen molar-refractivity contribution in [1.29, 1.82) is 0 Å². The molecule has 0 aliphatic carbocycles. The molecule has 0 spiro atoms. The highest BCUT2D eigenvalue weighted by molar-refractivity contribution is 7.92. The molecule has 1 heterocycles. The first kappa shape index (κ1) is 28.0. The summed E-state index contributed by atoms with van der Waals surface area (Å²) in [5.74, 6) is -0.193. The van der Waals surface area contributed by atoms with Crippen LogP contribution in [0.15, 0.2) is 78.9 Å². The Bertz CT molecular complexity index is 1380. The number of carbonyl (C=O) groups excluding carboxylic acids is 2. The average Bonchev–Trinajstić information content (AvgIpc) is 2.93. The number of hydrogen-bond donors (Lipinski definition) is 3. The summed E-state index contributed by atoms with van der Waals surface area (Å²) >= 11 is 0. The predicted octanol–water partition coefficient (Wildman–Crippen LogP) is 5.04. The summed E-state index contributed by atoms with van der Waals surface area (Å²) in [6.45, 7) is 3.95. The lowest BCUT2D eigenvalue weighted by Crippen LogP contribution is -2.44. The summed E-state index contributed by atoms with van der Waals surface area (Å²) in [6.07, 6.45) is 0.519. The van der Waals surface area contributed by atoms with E-state index in [4.69, 9.17) is 4.74 Å². The van der Waals surface area contributed by atoms with Gasteiger partial charge in [-0.2, -0.15) is 0 Å². The molecule has 206 valence electrons. The van der Waals surface area contributed by atoms with Gasteiger partial charge in [0.1, 0.15) is 6.61 Å². The van der Waals surface area contributed by atoms with E-state index in [1.165, 1.54) is 0 Å². The normalized spacial score (nSPS) is 16.6. The monoisotopic (exact) mass is 550 g/mol. The number of ether oxygens (including phenoxy) is 1. The van der Waals surface area contributed by atoms with Crippen LogP contribution in [0, 0.1) is 0 Å². The summed E-state index contributed by atoms with van der Waals surface area (Å²) < 4.78 is 32.6. The lowest BCUT2D eigenvalue weighted by atomic mass is 9.91. The zero-order valence-corrected chi connectivity index (χ0v) is 22.9. The van der Waals surface area contributed by atoms with Crippen molar-refractivity contribution in [3.05, 3.63) is 90.0 Å². The van der Waals surface area contributed by atoms with Crippen molar-refractivity contribution in [1.82, 2.24) is 5.32 Å². The first-order chi connectivity index (χ1) is 18.8. The summed E-state index contributed by atoms with van der Waals surface area (Å²) in [6, 6.07) is 24.2. The van der Waals surface area contributed by atoms with E-state index in [2.05, 4.69) is 15.4 Å². The maximum absolute atomic E-state index is 12.6. The number of nitrogens with zero attached hydrogens (tertiary/aromatic N) is 1. The van der Waals surface area contributed by atoms with Gasteiger partial charge in [0.2, 0.25) is 15.9 Å². The van der Waals surface area contributed by atoms with Gasteiger partial charge in [-0.3, -0.25) is 9.52 Å². The van der Waals surface area contributed by atoms with Gasteiger partial charge in [-0.25, -0.2) is 13.2 Å². The molecule has 0 radical (unpaired) electrons. The standard InChI is InChI=1S/C29H34N4O5S/c1-3-28(34)33-21(2)19-26(25-11-7-8-12-27(25)33)31-23-13-15-24(16-14-23)32-39(36,37)18-17-30-29(35)38-20-22-9-5-4-6-10-22/h4-16,21,26,31-32H,3,17-20H2,1-2H3,(H,30,35)/t21-,26+/m0/s1. The number of rotatable bonds is 10. The van der Waals surface area contributed by atoms with Crippen molar-refractivity contribution in [2.24, 2.45) is 0 Å². The highest BCUT2D eigenvalue weighted by Crippen LogP contribution is 2.39. The fourth-order valence-electron chi connectivity index (χ4n) is 4.63. The average molecular weight is 551 g/mol. The number of fused-ring (bicyclic) bond motifs is 1. The van der Waals surface area contributed by atoms with Gasteiger partial charge in [-0.05, 0) is 54.8 Å². The Morgan fingerprint density at radius 2 is 1.62 bits per heavy atom. The van der Waals surface area contributed by atoms with Crippen molar-refractivity contribution in [2.75, 3.05) is 27.2 Å². The van der Waals surface area contributed by atoms with E-state index in [0.717, 1.165) is 28.9 Å². The number of carbonyl (C=O) groups is 2. The van der Waals surface area contributed by atoms with Crippen LogP contribution in [0.25, 0.3) is 0 Å². The number of para-hydroxylation sites is 1.